The number of carbonyl (C=O) groups is 1. The van der Waals surface area contributed by atoms with E-state index in [1.165, 1.54) is 31.0 Å². The summed E-state index contributed by atoms with van der Waals surface area (Å²) in [5, 5.41) is 5.07. The van der Waals surface area contributed by atoms with Crippen molar-refractivity contribution >= 4 is 16.0 Å². The van der Waals surface area contributed by atoms with E-state index in [-0.39, 0.29) is 17.2 Å². The lowest BCUT2D eigenvalue weighted by molar-refractivity contribution is 0.0108. The van der Waals surface area contributed by atoms with Gasteiger partial charge < -0.3 is 18.8 Å². The Balaban J connectivity index is 3.02. The zero-order valence-electron chi connectivity index (χ0n) is 12.2. The van der Waals surface area contributed by atoms with E-state index in [0.717, 1.165) is 0 Å². The van der Waals surface area contributed by atoms with Gasteiger partial charge in [0, 0.05) is 27.0 Å². The van der Waals surface area contributed by atoms with Crippen LogP contribution in [0.1, 0.15) is 17.4 Å². The van der Waals surface area contributed by atoms with Crippen molar-refractivity contribution in [2.24, 2.45) is 5.14 Å². The molecule has 21 heavy (non-hydrogen) atoms. The number of hydrogen-bond donors (Lipinski definition) is 1. The normalized spacial score (nSPS) is 13.1. The number of esters is 1. The fourth-order valence-electron chi connectivity index (χ4n) is 1.70. The monoisotopic (exact) mass is 320 g/mol. The minimum absolute atomic E-state index is 0.0963. The van der Waals surface area contributed by atoms with Gasteiger partial charge in [-0.25, -0.2) is 18.4 Å². The van der Waals surface area contributed by atoms with E-state index < -0.39 is 22.1 Å². The maximum Gasteiger partial charge on any atom is 0.355 e. The van der Waals surface area contributed by atoms with Crippen molar-refractivity contribution in [2.75, 3.05) is 27.4 Å². The van der Waals surface area contributed by atoms with Gasteiger partial charge >= 0.3 is 5.97 Å². The third-order valence-corrected chi connectivity index (χ3v) is 3.54. The van der Waals surface area contributed by atoms with Crippen LogP contribution in [-0.2, 0) is 30.8 Å². The number of rotatable bonds is 8. The summed E-state index contributed by atoms with van der Waals surface area (Å²) in [4.78, 5) is 11.9. The van der Waals surface area contributed by atoms with E-state index in [2.05, 4.69) is 0 Å². The molecule has 8 nitrogen and oxygen atoms in total. The second kappa shape index (κ2) is 7.55. The van der Waals surface area contributed by atoms with Crippen LogP contribution in [0.5, 0.6) is 0 Å². The van der Waals surface area contributed by atoms with Crippen LogP contribution in [0.25, 0.3) is 0 Å². The largest absolute Gasteiger partial charge is 0.456 e. The van der Waals surface area contributed by atoms with Crippen LogP contribution in [-0.4, -0.2) is 52.5 Å². The van der Waals surface area contributed by atoms with Crippen molar-refractivity contribution in [1.29, 1.82) is 0 Å². The summed E-state index contributed by atoms with van der Waals surface area (Å²) in [6.07, 6.45) is 0.831. The molecule has 0 saturated carbocycles. The Morgan fingerprint density at radius 2 is 2.05 bits per heavy atom. The van der Waals surface area contributed by atoms with Gasteiger partial charge in [0.15, 0.2) is 0 Å². The molecule has 0 amide bonds. The van der Waals surface area contributed by atoms with Crippen molar-refractivity contribution in [3.63, 3.8) is 0 Å². The maximum absolute atomic E-state index is 12.1. The molecule has 120 valence electrons. The van der Waals surface area contributed by atoms with Gasteiger partial charge in [-0.15, -0.1) is 0 Å². The molecule has 0 aromatic carbocycles. The summed E-state index contributed by atoms with van der Waals surface area (Å²) in [6, 6.07) is 1.19. The molecule has 0 bridgehead atoms. The standard InChI is InChI=1S/C12H20N2O6S/c1-9(8-19-3)20-12(15)11-6-10(21(13,16)17)7-14(11)4-5-18-2/h6-7,9H,4-5,8H2,1-3H3,(H2,13,16,17). The summed E-state index contributed by atoms with van der Waals surface area (Å²) in [6.45, 7) is 2.53. The van der Waals surface area contributed by atoms with Crippen LogP contribution in [0.4, 0.5) is 0 Å². The molecule has 0 radical (unpaired) electrons. The first-order valence-electron chi connectivity index (χ1n) is 6.21. The lowest BCUT2D eigenvalue weighted by Crippen LogP contribution is -2.22. The quantitative estimate of drug-likeness (QED) is 0.674. The molecule has 1 unspecified atom stereocenters. The molecular formula is C12H20N2O6S. The number of carbonyl (C=O) groups excluding carboxylic acids is 1. The molecule has 0 spiro atoms. The third kappa shape index (κ3) is 5.12. The molecule has 1 heterocycles. The van der Waals surface area contributed by atoms with Crippen LogP contribution >= 0.6 is 0 Å². The predicted molar refractivity (Wildman–Crippen MR) is 74.4 cm³/mol. The van der Waals surface area contributed by atoms with Crippen molar-refractivity contribution in [1.82, 2.24) is 4.57 Å². The van der Waals surface area contributed by atoms with Crippen LogP contribution in [0.15, 0.2) is 17.2 Å². The number of nitrogens with two attached hydrogens (primary N) is 1. The van der Waals surface area contributed by atoms with Gasteiger partial charge in [0.1, 0.15) is 16.7 Å². The number of nitrogens with zero attached hydrogens (tertiary/aromatic N) is 1. The summed E-state index contributed by atoms with van der Waals surface area (Å²) < 4.78 is 39.2. The number of methoxy groups -OCH3 is 2. The van der Waals surface area contributed by atoms with Gasteiger partial charge in [-0.3, -0.25) is 0 Å². The topological polar surface area (TPSA) is 110 Å². The smallest absolute Gasteiger partial charge is 0.355 e. The molecule has 1 aromatic rings. The van der Waals surface area contributed by atoms with E-state index in [1.807, 2.05) is 0 Å². The highest BCUT2D eigenvalue weighted by molar-refractivity contribution is 7.89. The molecule has 9 heteroatoms. The van der Waals surface area contributed by atoms with E-state index in [4.69, 9.17) is 19.3 Å². The molecule has 0 fully saturated rings. The molecule has 1 atom stereocenters. The molecule has 0 aliphatic rings. The van der Waals surface area contributed by atoms with Gasteiger partial charge in [0.05, 0.1) is 13.2 Å². The number of ether oxygens (including phenoxy) is 3. The first-order chi connectivity index (χ1) is 9.79. The highest BCUT2D eigenvalue weighted by Gasteiger charge is 2.21. The Kier molecular flexibility index (Phi) is 6.34. The lowest BCUT2D eigenvalue weighted by atomic mass is 10.4. The van der Waals surface area contributed by atoms with Crippen LogP contribution in [0.3, 0.4) is 0 Å². The number of aromatic nitrogens is 1. The molecule has 0 saturated heterocycles. The van der Waals surface area contributed by atoms with Gasteiger partial charge in [-0.1, -0.05) is 0 Å². The fourth-order valence-corrected chi connectivity index (χ4v) is 2.25. The summed E-state index contributed by atoms with van der Waals surface area (Å²) in [7, 11) is -0.902. The van der Waals surface area contributed by atoms with Crippen LogP contribution in [0, 0.1) is 0 Å². The Bertz CT molecular complexity index is 581. The third-order valence-electron chi connectivity index (χ3n) is 2.66. The Labute approximate surface area is 123 Å². The number of primary sulfonamides is 1. The summed E-state index contributed by atoms with van der Waals surface area (Å²) in [5.74, 6) is -0.648. The van der Waals surface area contributed by atoms with Gasteiger partial charge in [0.25, 0.3) is 0 Å². The van der Waals surface area contributed by atoms with E-state index in [9.17, 15) is 13.2 Å². The first-order valence-corrected chi connectivity index (χ1v) is 7.76. The number of sulfonamides is 1. The number of hydrogen-bond acceptors (Lipinski definition) is 6. The van der Waals surface area contributed by atoms with Crippen LogP contribution in [0.2, 0.25) is 0 Å². The zero-order valence-corrected chi connectivity index (χ0v) is 13.1. The minimum Gasteiger partial charge on any atom is -0.456 e. The predicted octanol–water partition coefficient (Wildman–Crippen LogP) is -0.0264. The highest BCUT2D eigenvalue weighted by Crippen LogP contribution is 2.15. The Morgan fingerprint density at radius 1 is 1.38 bits per heavy atom. The summed E-state index contributed by atoms with van der Waals surface area (Å²) in [5.41, 5.74) is 0.0963. The molecular weight excluding hydrogens is 300 g/mol. The van der Waals surface area contributed by atoms with Gasteiger partial charge in [-0.05, 0) is 13.0 Å². The SMILES string of the molecule is COCCn1cc(S(N)(=O)=O)cc1C(=O)OC(C)COC. The minimum atomic E-state index is -3.90. The second-order valence-electron chi connectivity index (χ2n) is 4.46. The molecule has 2 N–H and O–H groups in total. The van der Waals surface area contributed by atoms with Crippen molar-refractivity contribution in [3.8, 4) is 0 Å². The summed E-state index contributed by atoms with van der Waals surface area (Å²) >= 11 is 0. The van der Waals surface area contributed by atoms with Crippen molar-refractivity contribution in [3.05, 3.63) is 18.0 Å². The van der Waals surface area contributed by atoms with E-state index in [0.29, 0.717) is 13.2 Å². The molecule has 0 aliphatic heterocycles. The molecule has 1 aromatic heterocycles. The van der Waals surface area contributed by atoms with Gasteiger partial charge in [0.2, 0.25) is 10.0 Å². The average molecular weight is 320 g/mol. The molecule has 0 aliphatic carbocycles. The van der Waals surface area contributed by atoms with Crippen LogP contribution < -0.4 is 5.14 Å². The Morgan fingerprint density at radius 3 is 2.57 bits per heavy atom. The fraction of sp³-hybridized carbons (Fsp3) is 0.583. The lowest BCUT2D eigenvalue weighted by Gasteiger charge is -2.13. The molecule has 1 rings (SSSR count). The Hall–Kier alpha value is -1.42. The zero-order chi connectivity index (χ0) is 16.0. The highest BCUT2D eigenvalue weighted by atomic mass is 32.2. The second-order valence-corrected chi connectivity index (χ2v) is 6.02. The maximum atomic E-state index is 12.1. The van der Waals surface area contributed by atoms with E-state index in [1.54, 1.807) is 6.92 Å². The van der Waals surface area contributed by atoms with E-state index >= 15 is 0 Å². The van der Waals surface area contributed by atoms with Crippen molar-refractivity contribution < 1.29 is 27.4 Å². The van der Waals surface area contributed by atoms with Crippen molar-refractivity contribution in [2.45, 2.75) is 24.5 Å². The first kappa shape index (κ1) is 17.6. The average Bonchev–Trinajstić information content (AvgIpc) is 2.80. The van der Waals surface area contributed by atoms with Gasteiger partial charge in [-0.2, -0.15) is 0 Å².